The molecule has 0 spiro atoms. The summed E-state index contributed by atoms with van der Waals surface area (Å²) in [7, 11) is 0. The van der Waals surface area contributed by atoms with Crippen LogP contribution in [-0.4, -0.2) is 30.3 Å². The third-order valence-corrected chi connectivity index (χ3v) is 3.30. The highest BCUT2D eigenvalue weighted by Crippen LogP contribution is 2.16. The monoisotopic (exact) mass is 302 g/mol. The Kier molecular flexibility index (Phi) is 5.77. The van der Waals surface area contributed by atoms with E-state index >= 15 is 0 Å². The van der Waals surface area contributed by atoms with Gasteiger partial charge in [-0.2, -0.15) is 0 Å². The fourth-order valence-corrected chi connectivity index (χ4v) is 1.74. The molecule has 116 valence electrons. The lowest BCUT2D eigenvalue weighted by Gasteiger charge is -2.10. The second-order valence-corrected chi connectivity index (χ2v) is 5.03. The molecular weight excluding hydrogens is 282 g/mol. The van der Waals surface area contributed by atoms with Crippen LogP contribution >= 0.6 is 0 Å². The van der Waals surface area contributed by atoms with Crippen molar-refractivity contribution >= 4 is 29.3 Å². The van der Waals surface area contributed by atoms with Gasteiger partial charge in [0.05, 0.1) is 0 Å². The van der Waals surface area contributed by atoms with Crippen molar-refractivity contribution in [3.63, 3.8) is 0 Å². The van der Waals surface area contributed by atoms with Crippen LogP contribution in [0.15, 0.2) is 30.3 Å². The van der Waals surface area contributed by atoms with E-state index in [4.69, 9.17) is 1.37 Å². The van der Waals surface area contributed by atoms with Crippen LogP contribution in [0.1, 0.15) is 38.1 Å². The van der Waals surface area contributed by atoms with Gasteiger partial charge in [0.2, 0.25) is 0 Å². The summed E-state index contributed by atoms with van der Waals surface area (Å²) in [5.74, 6) is -0.918. The van der Waals surface area contributed by atoms with Gasteiger partial charge in [-0.3, -0.25) is 19.2 Å². The average molecular weight is 302 g/mol. The molecule has 0 aliphatic heterocycles. The van der Waals surface area contributed by atoms with Crippen molar-refractivity contribution in [3.8, 4) is 0 Å². The van der Waals surface area contributed by atoms with Crippen LogP contribution in [0.4, 0.5) is 0 Å². The van der Waals surface area contributed by atoms with E-state index in [2.05, 4.69) is 5.32 Å². The predicted octanol–water partition coefficient (Wildman–Crippen LogP) is 1.81. The molecule has 0 aliphatic rings. The van der Waals surface area contributed by atoms with Crippen LogP contribution in [0, 0.1) is 5.92 Å². The molecule has 0 fully saturated rings. The maximum absolute atomic E-state index is 12.0. The summed E-state index contributed by atoms with van der Waals surface area (Å²) < 4.78 is 6.93. The van der Waals surface area contributed by atoms with Gasteiger partial charge in [-0.25, -0.2) is 0 Å². The molecule has 1 atom stereocenters. The number of Topliss-reactive ketones (excluding diaryl/α,β-unsaturated/α-hetero) is 2. The van der Waals surface area contributed by atoms with Crippen LogP contribution in [0.2, 0.25) is 0 Å². The Balaban J connectivity index is 2.87. The van der Waals surface area contributed by atoms with Gasteiger partial charge in [0.1, 0.15) is 13.4 Å². The van der Waals surface area contributed by atoms with Gasteiger partial charge in [-0.1, -0.05) is 19.1 Å². The fraction of sp³-hybridized carbons (Fsp3) is 0.294. The van der Waals surface area contributed by atoms with Crippen molar-refractivity contribution in [1.82, 2.24) is 5.32 Å². The van der Waals surface area contributed by atoms with Gasteiger partial charge < -0.3 is 5.32 Å². The molecule has 0 radical (unpaired) electrons. The molecule has 0 aromatic heterocycles. The Morgan fingerprint density at radius 3 is 2.18 bits per heavy atom. The quantitative estimate of drug-likeness (QED) is 0.615. The van der Waals surface area contributed by atoms with Crippen molar-refractivity contribution in [1.29, 1.82) is 0 Å². The molecular formula is C17H19NO4. The minimum absolute atomic E-state index is 0.00283. The van der Waals surface area contributed by atoms with Gasteiger partial charge >= 0.3 is 0 Å². The molecule has 1 aromatic rings. The van der Waals surface area contributed by atoms with Crippen LogP contribution in [0.5, 0.6) is 0 Å². The number of carbonyl (C=O) groups is 4. The zero-order valence-corrected chi connectivity index (χ0v) is 12.8. The number of benzene rings is 1. The molecule has 0 aliphatic carbocycles. The predicted molar refractivity (Wildman–Crippen MR) is 83.3 cm³/mol. The number of amides is 1. The molecule has 0 saturated heterocycles. The van der Waals surface area contributed by atoms with Crippen LogP contribution < -0.4 is 5.32 Å². The van der Waals surface area contributed by atoms with Crippen molar-refractivity contribution in [2.45, 2.75) is 20.8 Å². The molecule has 5 nitrogen and oxygen atoms in total. The highest BCUT2D eigenvalue weighted by Gasteiger charge is 2.12. The lowest BCUT2D eigenvalue weighted by Crippen LogP contribution is -2.30. The highest BCUT2D eigenvalue weighted by molar-refractivity contribution is 6.22. The molecule has 1 N–H and O–H groups in total. The van der Waals surface area contributed by atoms with E-state index in [9.17, 15) is 19.2 Å². The fourth-order valence-electron chi connectivity index (χ4n) is 1.74. The number of ketones is 2. The molecule has 0 bridgehead atoms. The number of carbonyl (C=O) groups excluding carboxylic acids is 4. The van der Waals surface area contributed by atoms with E-state index in [1.165, 1.54) is 26.0 Å². The first-order valence-electron chi connectivity index (χ1n) is 7.34. The lowest BCUT2D eigenvalue weighted by atomic mass is 10.0. The Hall–Kier alpha value is -2.56. The SMILES string of the molecule is [2H]C(=O)/C=C(\C(C)=O)c1ccc(C(=O)NCC(C)C(C)=O)cc1. The lowest BCUT2D eigenvalue weighted by molar-refractivity contribution is -0.120. The summed E-state index contributed by atoms with van der Waals surface area (Å²) in [4.78, 5) is 45.5. The molecule has 1 rings (SSSR count). The van der Waals surface area contributed by atoms with Gasteiger partial charge in [-0.15, -0.1) is 0 Å². The van der Waals surface area contributed by atoms with Crippen molar-refractivity contribution in [2.75, 3.05) is 6.54 Å². The zero-order chi connectivity index (χ0) is 17.6. The summed E-state index contributed by atoms with van der Waals surface area (Å²) in [6.45, 7) is 4.75. The molecule has 0 saturated carbocycles. The second kappa shape index (κ2) is 8.02. The average Bonchev–Trinajstić information content (AvgIpc) is 2.49. The van der Waals surface area contributed by atoms with Crippen LogP contribution in [-0.2, 0) is 14.4 Å². The zero-order valence-electron chi connectivity index (χ0n) is 13.8. The van der Waals surface area contributed by atoms with Crippen LogP contribution in [0.3, 0.4) is 0 Å². The first kappa shape index (κ1) is 15.8. The minimum Gasteiger partial charge on any atom is -0.351 e. The number of rotatable bonds is 7. The van der Waals surface area contributed by atoms with Crippen molar-refractivity contribution in [3.05, 3.63) is 41.5 Å². The number of aldehydes is 1. The smallest absolute Gasteiger partial charge is 0.251 e. The summed E-state index contributed by atoms with van der Waals surface area (Å²) in [5.41, 5.74) is 0.971. The topological polar surface area (TPSA) is 80.3 Å². The van der Waals surface area contributed by atoms with Crippen molar-refractivity contribution < 1.29 is 20.5 Å². The molecule has 1 aromatic carbocycles. The van der Waals surface area contributed by atoms with E-state index in [0.717, 1.165) is 6.08 Å². The van der Waals surface area contributed by atoms with E-state index in [1.807, 2.05) is 0 Å². The summed E-state index contributed by atoms with van der Waals surface area (Å²) in [6.07, 6.45) is -0.0124. The summed E-state index contributed by atoms with van der Waals surface area (Å²) >= 11 is 0. The third-order valence-electron chi connectivity index (χ3n) is 3.30. The highest BCUT2D eigenvalue weighted by atomic mass is 16.2. The molecule has 1 amide bonds. The standard InChI is InChI=1S/C17H19NO4/c1-11(12(2)20)10-18-17(22)15-6-4-14(5-7-15)16(8-9-19)13(3)21/h4-9,11H,10H2,1-3H3,(H,18,22)/b16-8+/i9D. The van der Waals surface area contributed by atoms with Gasteiger partial charge in [0.25, 0.3) is 5.91 Å². The maximum atomic E-state index is 12.0. The van der Waals surface area contributed by atoms with E-state index in [-0.39, 0.29) is 35.5 Å². The summed E-state index contributed by atoms with van der Waals surface area (Å²) in [6, 6.07) is 6.13. The molecule has 1 unspecified atom stereocenters. The van der Waals surface area contributed by atoms with Gasteiger partial charge in [0, 0.05) is 23.6 Å². The number of hydrogen-bond acceptors (Lipinski definition) is 4. The Labute approximate surface area is 130 Å². The Bertz CT molecular complexity index is 662. The first-order chi connectivity index (χ1) is 10.7. The molecule has 22 heavy (non-hydrogen) atoms. The van der Waals surface area contributed by atoms with E-state index in [0.29, 0.717) is 11.1 Å². The van der Waals surface area contributed by atoms with Gasteiger partial charge in [0.15, 0.2) is 5.78 Å². The number of hydrogen-bond donors (Lipinski definition) is 1. The Morgan fingerprint density at radius 1 is 1.18 bits per heavy atom. The first-order valence-corrected chi connectivity index (χ1v) is 6.84. The number of allylic oxidation sites excluding steroid dienone is 2. The largest absolute Gasteiger partial charge is 0.351 e. The Morgan fingerprint density at radius 2 is 1.73 bits per heavy atom. The van der Waals surface area contributed by atoms with E-state index < -0.39 is 6.26 Å². The number of nitrogens with one attached hydrogen (secondary N) is 1. The third kappa shape index (κ3) is 4.77. The normalized spacial score (nSPS) is 13.0. The molecule has 5 heteroatoms. The van der Waals surface area contributed by atoms with Gasteiger partial charge in [-0.05, 0) is 37.6 Å². The minimum atomic E-state index is -0.963. The van der Waals surface area contributed by atoms with Crippen LogP contribution in [0.25, 0.3) is 5.57 Å². The van der Waals surface area contributed by atoms with Crippen molar-refractivity contribution in [2.24, 2.45) is 5.92 Å². The molecule has 0 heterocycles. The van der Waals surface area contributed by atoms with E-state index in [1.54, 1.807) is 19.1 Å². The second-order valence-electron chi connectivity index (χ2n) is 5.03. The summed E-state index contributed by atoms with van der Waals surface area (Å²) in [5, 5.41) is 2.66. The maximum Gasteiger partial charge on any atom is 0.251 e.